The van der Waals surface area contributed by atoms with E-state index in [0.29, 0.717) is 28.6 Å². The lowest BCUT2D eigenvalue weighted by atomic mass is 10.2. The number of anilines is 1. The van der Waals surface area contributed by atoms with Crippen LogP contribution in [0.15, 0.2) is 12.1 Å². The van der Waals surface area contributed by atoms with Crippen LogP contribution in [0.3, 0.4) is 0 Å². The molecule has 1 aromatic carbocycles. The maximum atomic E-state index is 12.4. The minimum absolute atomic E-state index is 0.0135. The topological polar surface area (TPSA) is 84.9 Å². The van der Waals surface area contributed by atoms with Gasteiger partial charge in [0.25, 0.3) is 0 Å². The van der Waals surface area contributed by atoms with Gasteiger partial charge in [-0.25, -0.2) is 8.42 Å². The van der Waals surface area contributed by atoms with Gasteiger partial charge in [-0.1, -0.05) is 17.5 Å². The Hall–Kier alpha value is -1.95. The zero-order chi connectivity index (χ0) is 19.3. The molecule has 0 aromatic heterocycles. The maximum absolute atomic E-state index is 12.4. The Labute approximate surface area is 158 Å². The maximum Gasteiger partial charge on any atom is 0.238 e. The van der Waals surface area contributed by atoms with Crippen molar-refractivity contribution in [2.45, 2.75) is 12.5 Å². The Balaban J connectivity index is 2.11. The number of benzene rings is 1. The van der Waals surface area contributed by atoms with Gasteiger partial charge in [0.05, 0.1) is 49.5 Å². The van der Waals surface area contributed by atoms with E-state index in [1.807, 2.05) is 0 Å². The van der Waals surface area contributed by atoms with Crippen molar-refractivity contribution in [1.82, 2.24) is 4.90 Å². The summed E-state index contributed by atoms with van der Waals surface area (Å²) in [6, 6.07) is 2.84. The minimum atomic E-state index is -3.07. The molecule has 26 heavy (non-hydrogen) atoms. The van der Waals surface area contributed by atoms with Gasteiger partial charge in [0.2, 0.25) is 5.91 Å². The molecule has 0 spiro atoms. The summed E-state index contributed by atoms with van der Waals surface area (Å²) in [5.41, 5.74) is 0.392. The second-order valence-electron chi connectivity index (χ2n) is 5.90. The summed E-state index contributed by atoms with van der Waals surface area (Å²) in [7, 11) is -0.128. The number of hydrogen-bond acceptors (Lipinski definition) is 6. The summed E-state index contributed by atoms with van der Waals surface area (Å²) in [5, 5.41) is 3.05. The second-order valence-corrected chi connectivity index (χ2v) is 8.54. The summed E-state index contributed by atoms with van der Waals surface area (Å²) in [5.74, 6) is 3.08. The molecule has 1 aliphatic heterocycles. The number of carbonyl (C=O) groups excluding carboxylic acids is 1. The van der Waals surface area contributed by atoms with Crippen LogP contribution in [0.25, 0.3) is 0 Å². The van der Waals surface area contributed by atoms with Gasteiger partial charge in [-0.2, -0.15) is 0 Å². The Morgan fingerprint density at radius 3 is 2.62 bits per heavy atom. The Morgan fingerprint density at radius 1 is 1.38 bits per heavy atom. The average Bonchev–Trinajstić information content (AvgIpc) is 2.94. The summed E-state index contributed by atoms with van der Waals surface area (Å²) in [6.07, 6.45) is 5.83. The van der Waals surface area contributed by atoms with E-state index >= 15 is 0 Å². The van der Waals surface area contributed by atoms with Gasteiger partial charge in [0.15, 0.2) is 9.84 Å². The van der Waals surface area contributed by atoms with E-state index < -0.39 is 9.84 Å². The number of hydrogen-bond donors (Lipinski definition) is 1. The third kappa shape index (κ3) is 5.04. The Morgan fingerprint density at radius 2 is 2.08 bits per heavy atom. The van der Waals surface area contributed by atoms with Crippen LogP contribution in [0.1, 0.15) is 6.42 Å². The molecule has 142 valence electrons. The molecule has 0 radical (unpaired) electrons. The van der Waals surface area contributed by atoms with Gasteiger partial charge in [-0.15, -0.1) is 6.42 Å². The van der Waals surface area contributed by atoms with Crippen LogP contribution in [0.4, 0.5) is 5.69 Å². The number of nitrogens with zero attached hydrogens (tertiary/aromatic N) is 1. The molecule has 1 saturated heterocycles. The second kappa shape index (κ2) is 8.62. The molecule has 2 rings (SSSR count). The highest BCUT2D eigenvalue weighted by Gasteiger charge is 2.32. The number of sulfone groups is 1. The molecule has 0 aliphatic carbocycles. The fraction of sp³-hybridized carbons (Fsp3) is 0.471. The molecule has 0 saturated carbocycles. The van der Waals surface area contributed by atoms with Crippen molar-refractivity contribution in [2.24, 2.45) is 0 Å². The smallest absolute Gasteiger partial charge is 0.238 e. The highest BCUT2D eigenvalue weighted by atomic mass is 35.5. The molecule has 0 bridgehead atoms. The number of terminal acetylenes is 1. The molecule has 1 aromatic rings. The molecule has 7 nitrogen and oxygen atoms in total. The molecule has 1 N–H and O–H groups in total. The summed E-state index contributed by atoms with van der Waals surface area (Å²) in [4.78, 5) is 14.1. The van der Waals surface area contributed by atoms with Crippen molar-refractivity contribution in [3.8, 4) is 23.8 Å². The van der Waals surface area contributed by atoms with E-state index in [4.69, 9.17) is 27.5 Å². The Kier molecular flexibility index (Phi) is 6.75. The van der Waals surface area contributed by atoms with E-state index in [1.54, 1.807) is 11.0 Å². The third-order valence-corrected chi connectivity index (χ3v) is 6.16. The van der Waals surface area contributed by atoms with Crippen LogP contribution in [0.5, 0.6) is 11.5 Å². The number of halogens is 1. The van der Waals surface area contributed by atoms with Gasteiger partial charge in [-0.3, -0.25) is 9.69 Å². The number of amides is 1. The summed E-state index contributed by atoms with van der Waals surface area (Å²) >= 11 is 6.10. The molecular weight excluding hydrogens is 380 g/mol. The highest BCUT2D eigenvalue weighted by Crippen LogP contribution is 2.35. The first-order valence-electron chi connectivity index (χ1n) is 7.89. The van der Waals surface area contributed by atoms with Crippen molar-refractivity contribution in [3.05, 3.63) is 17.2 Å². The van der Waals surface area contributed by atoms with Crippen molar-refractivity contribution in [2.75, 3.05) is 44.1 Å². The zero-order valence-electron chi connectivity index (χ0n) is 14.6. The van der Waals surface area contributed by atoms with Gasteiger partial charge >= 0.3 is 0 Å². The van der Waals surface area contributed by atoms with Crippen molar-refractivity contribution in [3.63, 3.8) is 0 Å². The Bertz CT molecular complexity index is 819. The van der Waals surface area contributed by atoms with Crippen LogP contribution in [0.2, 0.25) is 5.02 Å². The van der Waals surface area contributed by atoms with Crippen molar-refractivity contribution < 1.29 is 22.7 Å². The molecule has 1 atom stereocenters. The first kappa shape index (κ1) is 20.4. The lowest BCUT2D eigenvalue weighted by Gasteiger charge is -2.25. The van der Waals surface area contributed by atoms with Crippen LogP contribution < -0.4 is 14.8 Å². The SMILES string of the molecule is C#CCN(CC(=O)Nc1cc(Cl)c(OC)cc1OC)C1CCS(=O)(=O)C1. The predicted octanol–water partition coefficient (Wildman–Crippen LogP) is 1.42. The largest absolute Gasteiger partial charge is 0.495 e. The lowest BCUT2D eigenvalue weighted by molar-refractivity contribution is -0.117. The number of ether oxygens (including phenoxy) is 2. The molecule has 1 amide bonds. The normalized spacial score (nSPS) is 18.3. The van der Waals surface area contributed by atoms with Crippen LogP contribution in [-0.2, 0) is 14.6 Å². The predicted molar refractivity (Wildman–Crippen MR) is 101 cm³/mol. The van der Waals surface area contributed by atoms with Crippen LogP contribution in [-0.4, -0.2) is 64.1 Å². The molecular formula is C17H21ClN2O5S. The highest BCUT2D eigenvalue weighted by molar-refractivity contribution is 7.91. The van der Waals surface area contributed by atoms with E-state index in [-0.39, 0.29) is 36.5 Å². The van der Waals surface area contributed by atoms with E-state index in [0.717, 1.165) is 0 Å². The van der Waals surface area contributed by atoms with E-state index in [2.05, 4.69) is 11.2 Å². The molecule has 1 aliphatic rings. The van der Waals surface area contributed by atoms with Crippen LogP contribution in [0, 0.1) is 12.3 Å². The third-order valence-electron chi connectivity index (χ3n) is 4.11. The number of nitrogens with one attached hydrogen (secondary N) is 1. The van der Waals surface area contributed by atoms with Crippen molar-refractivity contribution >= 4 is 33.0 Å². The first-order valence-corrected chi connectivity index (χ1v) is 10.1. The number of methoxy groups -OCH3 is 2. The average molecular weight is 401 g/mol. The fourth-order valence-electron chi connectivity index (χ4n) is 2.83. The molecule has 1 fully saturated rings. The minimum Gasteiger partial charge on any atom is -0.495 e. The van der Waals surface area contributed by atoms with Gasteiger partial charge < -0.3 is 14.8 Å². The monoisotopic (exact) mass is 400 g/mol. The van der Waals surface area contributed by atoms with Crippen molar-refractivity contribution in [1.29, 1.82) is 0 Å². The lowest BCUT2D eigenvalue weighted by Crippen LogP contribution is -2.41. The van der Waals surface area contributed by atoms with Gasteiger partial charge in [0, 0.05) is 12.1 Å². The molecule has 1 heterocycles. The number of rotatable bonds is 7. The van der Waals surface area contributed by atoms with Gasteiger partial charge in [-0.05, 0) is 12.5 Å². The number of carbonyl (C=O) groups is 1. The van der Waals surface area contributed by atoms with E-state index in [1.165, 1.54) is 20.3 Å². The summed E-state index contributed by atoms with van der Waals surface area (Å²) in [6.45, 7) is 0.158. The quantitative estimate of drug-likeness (QED) is 0.697. The van der Waals surface area contributed by atoms with E-state index in [9.17, 15) is 13.2 Å². The first-order chi connectivity index (χ1) is 12.3. The fourth-order valence-corrected chi connectivity index (χ4v) is 4.83. The molecule has 1 unspecified atom stereocenters. The standard InChI is InChI=1S/C17H21ClN2O5S/c1-4-6-20(12-5-7-26(22,23)11-12)10-17(21)19-14-8-13(18)15(24-2)9-16(14)25-3/h1,8-9,12H,5-7,10-11H2,2-3H3,(H,19,21). The van der Waals surface area contributed by atoms with Crippen LogP contribution >= 0.6 is 11.6 Å². The van der Waals surface area contributed by atoms with Gasteiger partial charge in [0.1, 0.15) is 11.5 Å². The molecule has 9 heteroatoms. The summed E-state index contributed by atoms with van der Waals surface area (Å²) < 4.78 is 33.7. The zero-order valence-corrected chi connectivity index (χ0v) is 16.2.